The molecular formula is C25H20F3N3O5S. The molecule has 0 radical (unpaired) electrons. The lowest BCUT2D eigenvalue weighted by molar-refractivity contribution is -0.0508. The molecule has 5 rings (SSSR count). The quantitative estimate of drug-likeness (QED) is 0.392. The first kappa shape index (κ1) is 24.6. The average molecular weight is 532 g/mol. The predicted molar refractivity (Wildman–Crippen MR) is 128 cm³/mol. The van der Waals surface area contributed by atoms with Crippen LogP contribution in [0.2, 0.25) is 0 Å². The average Bonchev–Trinajstić information content (AvgIpc) is 3.19. The fraction of sp³-hybridized carbons (Fsp3) is 0.200. The highest BCUT2D eigenvalue weighted by atomic mass is 32.2. The molecule has 12 heteroatoms. The smallest absolute Gasteiger partial charge is 0.407 e. The first-order valence-electron chi connectivity index (χ1n) is 11.1. The minimum absolute atomic E-state index is 0.0212. The molecule has 1 amide bonds. The SMILES string of the molecule is CS(=O)(=O)c1cccc(-c2cc3c(cc2F)nc2n3C(c3ccccc3OC(F)F)CN(C(=O)O)C2)c1. The number of nitrogens with zero attached hydrogens (tertiary/aromatic N) is 3. The Balaban J connectivity index is 1.73. The van der Waals surface area contributed by atoms with Crippen LogP contribution in [0.3, 0.4) is 0 Å². The summed E-state index contributed by atoms with van der Waals surface area (Å²) in [6.45, 7) is -3.28. The summed E-state index contributed by atoms with van der Waals surface area (Å²) in [5.41, 5.74) is 1.40. The zero-order chi connectivity index (χ0) is 26.5. The van der Waals surface area contributed by atoms with Crippen molar-refractivity contribution >= 4 is 27.0 Å². The first-order valence-corrected chi connectivity index (χ1v) is 12.9. The number of carbonyl (C=O) groups is 1. The lowest BCUT2D eigenvalue weighted by atomic mass is 10.0. The largest absolute Gasteiger partial charge is 0.465 e. The lowest BCUT2D eigenvalue weighted by Gasteiger charge is -2.34. The van der Waals surface area contributed by atoms with Gasteiger partial charge in [-0.2, -0.15) is 8.78 Å². The monoisotopic (exact) mass is 531 g/mol. The van der Waals surface area contributed by atoms with Gasteiger partial charge in [-0.05, 0) is 29.8 Å². The number of benzene rings is 3. The van der Waals surface area contributed by atoms with Gasteiger partial charge in [0.25, 0.3) is 0 Å². The van der Waals surface area contributed by atoms with Crippen molar-refractivity contribution in [1.29, 1.82) is 0 Å². The molecule has 0 saturated carbocycles. The number of hydrogen-bond donors (Lipinski definition) is 1. The number of para-hydroxylation sites is 1. The Morgan fingerprint density at radius 2 is 1.89 bits per heavy atom. The van der Waals surface area contributed by atoms with Crippen molar-refractivity contribution in [3.05, 3.63) is 77.9 Å². The van der Waals surface area contributed by atoms with E-state index in [9.17, 15) is 27.1 Å². The normalized spacial score (nSPS) is 15.7. The van der Waals surface area contributed by atoms with Crippen LogP contribution in [0.4, 0.5) is 18.0 Å². The Morgan fingerprint density at radius 1 is 1.14 bits per heavy atom. The third kappa shape index (κ3) is 4.59. The van der Waals surface area contributed by atoms with Gasteiger partial charge in [0, 0.05) is 30.0 Å². The number of imidazole rings is 1. The molecule has 1 N–H and O–H groups in total. The third-order valence-electron chi connectivity index (χ3n) is 6.23. The van der Waals surface area contributed by atoms with E-state index < -0.39 is 34.4 Å². The maximum absolute atomic E-state index is 15.2. The van der Waals surface area contributed by atoms with E-state index in [1.807, 2.05) is 0 Å². The summed E-state index contributed by atoms with van der Waals surface area (Å²) in [5.74, 6) is -0.477. The molecule has 37 heavy (non-hydrogen) atoms. The Kier molecular flexibility index (Phi) is 6.06. The second-order valence-electron chi connectivity index (χ2n) is 8.61. The molecule has 1 aliphatic heterocycles. The molecule has 1 aliphatic rings. The summed E-state index contributed by atoms with van der Waals surface area (Å²) >= 11 is 0. The van der Waals surface area contributed by atoms with Gasteiger partial charge in [-0.25, -0.2) is 22.6 Å². The molecule has 0 spiro atoms. The molecule has 1 unspecified atom stereocenters. The van der Waals surface area contributed by atoms with Crippen LogP contribution < -0.4 is 4.74 Å². The van der Waals surface area contributed by atoms with Gasteiger partial charge in [0.05, 0.1) is 28.5 Å². The standard InChI is InChI=1S/C25H20F3N3O5S/c1-37(34,35)15-6-4-5-14(9-15)17-10-20-19(11-18(17)26)29-23-13-30(25(32)33)12-21(31(20)23)16-7-2-3-8-22(16)36-24(27)28/h2-11,21,24H,12-13H2,1H3,(H,32,33). The van der Waals surface area contributed by atoms with Gasteiger partial charge in [0.15, 0.2) is 9.84 Å². The van der Waals surface area contributed by atoms with Crippen molar-refractivity contribution in [2.45, 2.75) is 24.1 Å². The highest BCUT2D eigenvalue weighted by Gasteiger charge is 2.34. The van der Waals surface area contributed by atoms with Crippen LogP contribution in [0, 0.1) is 5.82 Å². The van der Waals surface area contributed by atoms with Gasteiger partial charge in [-0.15, -0.1) is 0 Å². The molecule has 8 nitrogen and oxygen atoms in total. The van der Waals surface area contributed by atoms with E-state index in [1.54, 1.807) is 22.8 Å². The topological polar surface area (TPSA) is 102 Å². The summed E-state index contributed by atoms with van der Waals surface area (Å²) in [6, 6.07) is 13.8. The van der Waals surface area contributed by atoms with Crippen molar-refractivity contribution in [2.75, 3.05) is 12.8 Å². The Hall–Kier alpha value is -4.06. The molecule has 2 heterocycles. The number of ether oxygens (including phenoxy) is 1. The molecule has 1 atom stereocenters. The van der Waals surface area contributed by atoms with Crippen molar-refractivity contribution < 1.29 is 36.2 Å². The molecular weight excluding hydrogens is 511 g/mol. The first-order chi connectivity index (χ1) is 17.5. The highest BCUT2D eigenvalue weighted by Crippen LogP contribution is 2.38. The maximum atomic E-state index is 15.2. The molecule has 0 aliphatic carbocycles. The van der Waals surface area contributed by atoms with Gasteiger partial charge < -0.3 is 14.4 Å². The van der Waals surface area contributed by atoms with E-state index in [-0.39, 0.29) is 34.8 Å². The number of alkyl halides is 2. The van der Waals surface area contributed by atoms with E-state index in [0.717, 1.165) is 11.2 Å². The summed E-state index contributed by atoms with van der Waals surface area (Å²) in [5, 5.41) is 9.68. The van der Waals surface area contributed by atoms with Gasteiger partial charge >= 0.3 is 12.7 Å². The van der Waals surface area contributed by atoms with Crippen LogP contribution in [0.25, 0.3) is 22.2 Å². The summed E-state index contributed by atoms with van der Waals surface area (Å²) < 4.78 is 71.9. The number of carboxylic acid groups (broad SMARTS) is 1. The van der Waals surface area contributed by atoms with Gasteiger partial charge in [0.2, 0.25) is 0 Å². The van der Waals surface area contributed by atoms with Crippen molar-refractivity contribution in [3.8, 4) is 16.9 Å². The fourth-order valence-corrected chi connectivity index (χ4v) is 5.28. The van der Waals surface area contributed by atoms with E-state index in [1.165, 1.54) is 42.5 Å². The Morgan fingerprint density at radius 3 is 2.59 bits per heavy atom. The van der Waals surface area contributed by atoms with Crippen LogP contribution in [-0.4, -0.2) is 53.5 Å². The van der Waals surface area contributed by atoms with Gasteiger partial charge in [-0.3, -0.25) is 4.90 Å². The minimum Gasteiger partial charge on any atom is -0.465 e. The summed E-state index contributed by atoms with van der Waals surface area (Å²) in [7, 11) is -3.54. The number of halogens is 3. The fourth-order valence-electron chi connectivity index (χ4n) is 4.61. The molecule has 0 bridgehead atoms. The number of hydrogen-bond acceptors (Lipinski definition) is 5. The minimum atomic E-state index is -3.54. The molecule has 4 aromatic rings. The summed E-state index contributed by atoms with van der Waals surface area (Å²) in [6.07, 6.45) is -0.170. The number of sulfone groups is 1. The number of fused-ring (bicyclic) bond motifs is 3. The van der Waals surface area contributed by atoms with Crippen LogP contribution in [0.15, 0.2) is 65.6 Å². The molecule has 1 aromatic heterocycles. The Labute approximate surface area is 209 Å². The molecule has 0 fully saturated rings. The van der Waals surface area contributed by atoms with Gasteiger partial charge in [0.1, 0.15) is 17.4 Å². The second kappa shape index (κ2) is 9.11. The van der Waals surface area contributed by atoms with Gasteiger partial charge in [-0.1, -0.05) is 30.3 Å². The molecule has 3 aromatic carbocycles. The summed E-state index contributed by atoms with van der Waals surface area (Å²) in [4.78, 5) is 17.4. The number of amides is 1. The van der Waals surface area contributed by atoms with E-state index >= 15 is 4.39 Å². The molecule has 192 valence electrons. The van der Waals surface area contributed by atoms with Crippen molar-refractivity contribution in [3.63, 3.8) is 0 Å². The lowest BCUT2D eigenvalue weighted by Crippen LogP contribution is -2.41. The van der Waals surface area contributed by atoms with Crippen LogP contribution in [-0.2, 0) is 16.4 Å². The maximum Gasteiger partial charge on any atom is 0.407 e. The van der Waals surface area contributed by atoms with Crippen LogP contribution in [0.5, 0.6) is 5.75 Å². The van der Waals surface area contributed by atoms with E-state index in [0.29, 0.717) is 22.5 Å². The van der Waals surface area contributed by atoms with E-state index in [4.69, 9.17) is 4.74 Å². The Bertz CT molecular complexity index is 1640. The van der Waals surface area contributed by atoms with E-state index in [2.05, 4.69) is 4.98 Å². The second-order valence-corrected chi connectivity index (χ2v) is 10.6. The van der Waals surface area contributed by atoms with Crippen LogP contribution >= 0.6 is 0 Å². The zero-order valence-corrected chi connectivity index (χ0v) is 20.1. The molecule has 0 saturated heterocycles. The predicted octanol–water partition coefficient (Wildman–Crippen LogP) is 4.93. The highest BCUT2D eigenvalue weighted by molar-refractivity contribution is 7.90. The number of rotatable bonds is 5. The third-order valence-corrected chi connectivity index (χ3v) is 7.34. The number of aromatic nitrogens is 2. The van der Waals surface area contributed by atoms with Crippen molar-refractivity contribution in [1.82, 2.24) is 14.5 Å². The van der Waals surface area contributed by atoms with Crippen molar-refractivity contribution in [2.24, 2.45) is 0 Å². The zero-order valence-electron chi connectivity index (χ0n) is 19.3. The van der Waals surface area contributed by atoms with Crippen LogP contribution in [0.1, 0.15) is 17.4 Å².